The molecule has 120 valence electrons. The Bertz CT molecular complexity index is 988. The lowest BCUT2D eigenvalue weighted by Crippen LogP contribution is -1.97. The molecule has 0 fully saturated rings. The highest BCUT2D eigenvalue weighted by Crippen LogP contribution is 2.33. The molecule has 0 spiro atoms. The van der Waals surface area contributed by atoms with Crippen LogP contribution in [0.25, 0.3) is 32.7 Å². The number of aromatic nitrogens is 3. The molecule has 3 heteroatoms. The van der Waals surface area contributed by atoms with Crippen molar-refractivity contribution in [3.63, 3.8) is 0 Å². The van der Waals surface area contributed by atoms with Gasteiger partial charge in [0.05, 0.1) is 16.6 Å². The average molecular weight is 315 g/mol. The maximum atomic E-state index is 4.81. The zero-order valence-corrected chi connectivity index (χ0v) is 14.2. The average Bonchev–Trinajstić information content (AvgIpc) is 2.66. The summed E-state index contributed by atoms with van der Waals surface area (Å²) in [4.78, 5) is 14.0. The third-order valence-corrected chi connectivity index (χ3v) is 4.85. The summed E-state index contributed by atoms with van der Waals surface area (Å²) in [5.74, 6) is 0.519. The van der Waals surface area contributed by atoms with E-state index in [9.17, 15) is 0 Å². The van der Waals surface area contributed by atoms with Crippen LogP contribution >= 0.6 is 0 Å². The van der Waals surface area contributed by atoms with Crippen molar-refractivity contribution in [1.82, 2.24) is 15.0 Å². The minimum atomic E-state index is 0.519. The first-order chi connectivity index (χ1) is 11.8. The monoisotopic (exact) mass is 315 g/mol. The second-order valence-corrected chi connectivity index (χ2v) is 6.51. The molecule has 0 saturated carbocycles. The van der Waals surface area contributed by atoms with E-state index in [1.807, 2.05) is 30.7 Å². The molecule has 0 saturated heterocycles. The highest BCUT2D eigenvalue weighted by atomic mass is 14.7. The van der Waals surface area contributed by atoms with Gasteiger partial charge in [0.1, 0.15) is 0 Å². The topological polar surface area (TPSA) is 38.7 Å². The zero-order chi connectivity index (χ0) is 16.5. The van der Waals surface area contributed by atoms with Crippen LogP contribution in [0, 0.1) is 0 Å². The Morgan fingerprint density at radius 1 is 0.875 bits per heavy atom. The highest BCUT2D eigenvalue weighted by Gasteiger charge is 2.13. The Hall–Kier alpha value is -2.55. The van der Waals surface area contributed by atoms with Crippen LogP contribution in [0.1, 0.15) is 44.6 Å². The fraction of sp³-hybridized carbons (Fsp3) is 0.286. The molecule has 0 aliphatic heterocycles. The lowest BCUT2D eigenvalue weighted by molar-refractivity contribution is 0.623. The van der Waals surface area contributed by atoms with E-state index in [1.54, 1.807) is 0 Å². The first kappa shape index (κ1) is 15.0. The zero-order valence-electron chi connectivity index (χ0n) is 14.2. The van der Waals surface area contributed by atoms with Crippen LogP contribution in [-0.4, -0.2) is 15.0 Å². The number of benzene rings is 1. The second kappa shape index (κ2) is 6.16. The smallest absolute Gasteiger partial charge is 0.0818 e. The molecule has 0 aliphatic carbocycles. The number of nitrogens with zero attached hydrogens (tertiary/aromatic N) is 3. The summed E-state index contributed by atoms with van der Waals surface area (Å²) in [6.45, 7) is 4.53. The quantitative estimate of drug-likeness (QED) is 0.458. The molecule has 3 aromatic heterocycles. The van der Waals surface area contributed by atoms with Crippen molar-refractivity contribution < 1.29 is 0 Å². The number of hydrogen-bond donors (Lipinski definition) is 0. The van der Waals surface area contributed by atoms with Gasteiger partial charge in [-0.25, -0.2) is 0 Å². The van der Waals surface area contributed by atoms with Crippen molar-refractivity contribution in [2.45, 2.75) is 39.0 Å². The van der Waals surface area contributed by atoms with Gasteiger partial charge in [-0.15, -0.1) is 0 Å². The van der Waals surface area contributed by atoms with E-state index in [0.29, 0.717) is 5.92 Å². The van der Waals surface area contributed by atoms with Crippen molar-refractivity contribution in [1.29, 1.82) is 0 Å². The number of pyridine rings is 3. The number of hydrogen-bond acceptors (Lipinski definition) is 3. The van der Waals surface area contributed by atoms with E-state index in [0.717, 1.165) is 32.7 Å². The lowest BCUT2D eigenvalue weighted by atomic mass is 9.94. The molecule has 0 bridgehead atoms. The van der Waals surface area contributed by atoms with Crippen LogP contribution in [0.4, 0.5) is 0 Å². The molecule has 4 aromatic rings. The van der Waals surface area contributed by atoms with Crippen LogP contribution in [-0.2, 0) is 0 Å². The van der Waals surface area contributed by atoms with Crippen molar-refractivity contribution in [3.05, 3.63) is 54.5 Å². The Balaban J connectivity index is 2.02. The largest absolute Gasteiger partial charge is 0.255 e. The van der Waals surface area contributed by atoms with Crippen molar-refractivity contribution in [2.24, 2.45) is 0 Å². The first-order valence-corrected chi connectivity index (χ1v) is 8.70. The molecular formula is C21H21N3. The molecule has 0 radical (unpaired) electrons. The summed E-state index contributed by atoms with van der Waals surface area (Å²) in [7, 11) is 0. The number of unbranched alkanes of at least 4 members (excludes halogenated alkanes) is 1. The maximum absolute atomic E-state index is 4.81. The normalized spacial score (nSPS) is 12.9. The van der Waals surface area contributed by atoms with Gasteiger partial charge in [0.2, 0.25) is 0 Å². The molecular weight excluding hydrogens is 294 g/mol. The van der Waals surface area contributed by atoms with Crippen LogP contribution in [0.2, 0.25) is 0 Å². The first-order valence-electron chi connectivity index (χ1n) is 8.70. The Labute approximate surface area is 141 Å². The summed E-state index contributed by atoms with van der Waals surface area (Å²) in [5, 5.41) is 3.33. The highest BCUT2D eigenvalue weighted by molar-refractivity contribution is 6.21. The Morgan fingerprint density at radius 3 is 2.17 bits per heavy atom. The van der Waals surface area contributed by atoms with E-state index < -0.39 is 0 Å². The van der Waals surface area contributed by atoms with Gasteiger partial charge in [0.25, 0.3) is 0 Å². The maximum Gasteiger partial charge on any atom is 0.0818 e. The molecule has 1 atom stereocenters. The summed E-state index contributed by atoms with van der Waals surface area (Å²) in [5.41, 5.74) is 4.27. The molecule has 0 aliphatic rings. The lowest BCUT2D eigenvalue weighted by Gasteiger charge is -2.13. The molecule has 3 nitrogen and oxygen atoms in total. The molecule has 0 unspecified atom stereocenters. The van der Waals surface area contributed by atoms with E-state index in [4.69, 9.17) is 4.98 Å². The second-order valence-electron chi connectivity index (χ2n) is 6.51. The van der Waals surface area contributed by atoms with E-state index >= 15 is 0 Å². The summed E-state index contributed by atoms with van der Waals surface area (Å²) >= 11 is 0. The minimum absolute atomic E-state index is 0.519. The Kier molecular flexibility index (Phi) is 3.85. The SMILES string of the molecule is CCCC[C@H](C)c1cnc2c3cccnc3c3cccnc3c2c1. The molecule has 0 amide bonds. The standard InChI is InChI=1S/C21H21N3/c1-3-4-7-14(2)15-12-18-20-16(8-5-11-23-20)19-17(9-6-10-22-19)21(18)24-13-15/h5-6,8-14H,3-4,7H2,1-2H3/t14-/m0/s1. The molecule has 1 aromatic carbocycles. The van der Waals surface area contributed by atoms with Crippen molar-refractivity contribution in [2.75, 3.05) is 0 Å². The van der Waals surface area contributed by atoms with E-state index in [-0.39, 0.29) is 0 Å². The minimum Gasteiger partial charge on any atom is -0.255 e. The van der Waals surface area contributed by atoms with Gasteiger partial charge >= 0.3 is 0 Å². The predicted molar refractivity (Wildman–Crippen MR) is 100 cm³/mol. The molecule has 24 heavy (non-hydrogen) atoms. The molecule has 0 N–H and O–H groups in total. The molecule has 3 heterocycles. The van der Waals surface area contributed by atoms with E-state index in [1.165, 1.54) is 24.8 Å². The Morgan fingerprint density at radius 2 is 1.50 bits per heavy atom. The molecule has 4 rings (SSSR count). The third-order valence-electron chi connectivity index (χ3n) is 4.85. The number of fused-ring (bicyclic) bond motifs is 6. The van der Waals surface area contributed by atoms with Gasteiger partial charge in [0, 0.05) is 34.7 Å². The summed E-state index contributed by atoms with van der Waals surface area (Å²) < 4.78 is 0. The third kappa shape index (κ3) is 2.41. The van der Waals surface area contributed by atoms with Crippen LogP contribution in [0.3, 0.4) is 0 Å². The van der Waals surface area contributed by atoms with Crippen molar-refractivity contribution in [3.8, 4) is 0 Å². The fourth-order valence-electron chi connectivity index (χ4n) is 3.44. The van der Waals surface area contributed by atoms with Crippen LogP contribution < -0.4 is 0 Å². The summed E-state index contributed by atoms with van der Waals surface area (Å²) in [6, 6.07) is 10.4. The fourth-order valence-corrected chi connectivity index (χ4v) is 3.44. The van der Waals surface area contributed by atoms with Gasteiger partial charge < -0.3 is 0 Å². The van der Waals surface area contributed by atoms with Crippen LogP contribution in [0.5, 0.6) is 0 Å². The number of rotatable bonds is 4. The van der Waals surface area contributed by atoms with Gasteiger partial charge in [-0.1, -0.05) is 26.7 Å². The summed E-state index contributed by atoms with van der Waals surface area (Å²) in [6.07, 6.45) is 9.39. The van der Waals surface area contributed by atoms with Gasteiger partial charge in [-0.05, 0) is 48.2 Å². The van der Waals surface area contributed by atoms with Crippen molar-refractivity contribution >= 4 is 32.7 Å². The van der Waals surface area contributed by atoms with Gasteiger partial charge in [-0.2, -0.15) is 0 Å². The van der Waals surface area contributed by atoms with Gasteiger partial charge in [-0.3, -0.25) is 15.0 Å². The van der Waals surface area contributed by atoms with E-state index in [2.05, 4.69) is 42.0 Å². The predicted octanol–water partition coefficient (Wildman–Crippen LogP) is 5.62. The van der Waals surface area contributed by atoms with Crippen LogP contribution in [0.15, 0.2) is 48.9 Å². The van der Waals surface area contributed by atoms with Gasteiger partial charge in [0.15, 0.2) is 0 Å².